The van der Waals surface area contributed by atoms with Crippen LogP contribution in [0.15, 0.2) is 23.8 Å². The van der Waals surface area contributed by atoms with Crippen molar-refractivity contribution >= 4 is 11.8 Å². The maximum Gasteiger partial charge on any atom is 0.303 e. The quantitative estimate of drug-likeness (QED) is 0.767. The van der Waals surface area contributed by atoms with Crippen molar-refractivity contribution in [1.82, 2.24) is 0 Å². The fraction of sp³-hybridized carbons (Fsp3) is 0.750. The van der Waals surface area contributed by atoms with Crippen molar-refractivity contribution in [2.75, 3.05) is 0 Å². The highest BCUT2D eigenvalue weighted by molar-refractivity contribution is 6.01. The van der Waals surface area contributed by atoms with Crippen LogP contribution in [0.5, 0.6) is 0 Å². The number of hydrogen-bond acceptors (Lipinski definition) is 3. The molecule has 2 N–H and O–H groups in total. The molecule has 0 aromatic rings. The fourth-order valence-corrected chi connectivity index (χ4v) is 8.48. The molecule has 0 aliphatic heterocycles. The van der Waals surface area contributed by atoms with E-state index in [2.05, 4.69) is 19.9 Å². The van der Waals surface area contributed by atoms with Crippen LogP contribution in [0.4, 0.5) is 0 Å². The number of ketones is 1. The molecule has 0 spiro atoms. The second-order valence-corrected chi connectivity index (χ2v) is 10.6. The zero-order valence-corrected chi connectivity index (χ0v) is 17.0. The molecule has 5 aliphatic carbocycles. The van der Waals surface area contributed by atoms with Crippen LogP contribution in [-0.4, -0.2) is 27.6 Å². The maximum absolute atomic E-state index is 11.9. The molecule has 4 saturated carbocycles. The lowest BCUT2D eigenvalue weighted by Gasteiger charge is -2.58. The van der Waals surface area contributed by atoms with Gasteiger partial charge in [0.25, 0.3) is 0 Å². The second kappa shape index (κ2) is 5.81. The number of carboxylic acid groups (broad SMARTS) is 1. The molecule has 0 radical (unpaired) electrons. The lowest BCUT2D eigenvalue weighted by molar-refractivity contribution is -0.152. The number of aliphatic hydroxyl groups is 1. The van der Waals surface area contributed by atoms with Crippen LogP contribution >= 0.6 is 0 Å². The van der Waals surface area contributed by atoms with Crippen molar-refractivity contribution in [2.24, 2.45) is 40.4 Å². The molecule has 0 saturated heterocycles. The third-order valence-corrected chi connectivity index (χ3v) is 9.92. The number of aliphatic carboxylic acids is 1. The Morgan fingerprint density at radius 3 is 2.57 bits per heavy atom. The lowest BCUT2D eigenvalue weighted by atomic mass is 9.46. The van der Waals surface area contributed by atoms with Crippen LogP contribution in [0.2, 0.25) is 0 Å². The van der Waals surface area contributed by atoms with Gasteiger partial charge in [-0.25, -0.2) is 0 Å². The first kappa shape index (κ1) is 18.6. The van der Waals surface area contributed by atoms with Crippen LogP contribution in [-0.2, 0) is 9.59 Å². The Labute approximate surface area is 167 Å². The third kappa shape index (κ3) is 2.16. The van der Waals surface area contributed by atoms with E-state index < -0.39 is 11.6 Å². The molecule has 0 heterocycles. The Hall–Kier alpha value is -1.42. The highest BCUT2D eigenvalue weighted by Crippen LogP contribution is 2.74. The topological polar surface area (TPSA) is 74.6 Å². The zero-order chi connectivity index (χ0) is 19.9. The molecule has 8 atom stereocenters. The molecule has 0 amide bonds. The average Bonchev–Trinajstić information content (AvgIpc) is 2.74. The van der Waals surface area contributed by atoms with E-state index in [1.807, 2.05) is 6.08 Å². The van der Waals surface area contributed by atoms with Crippen molar-refractivity contribution < 1.29 is 19.8 Å². The van der Waals surface area contributed by atoms with Gasteiger partial charge in [0.15, 0.2) is 5.78 Å². The van der Waals surface area contributed by atoms with Crippen LogP contribution in [0.1, 0.15) is 65.2 Å². The Morgan fingerprint density at radius 2 is 1.89 bits per heavy atom. The summed E-state index contributed by atoms with van der Waals surface area (Å²) in [5, 5.41) is 21.1. The molecular weight excluding hydrogens is 352 g/mol. The first-order valence-corrected chi connectivity index (χ1v) is 11.1. The standard InChI is InChI=1S/C24H32O4/c1-22-10-7-15(25)13-14(22)3-4-16-18(22)8-11-23(2)21(16)17-5-6-19(17)24(23,28)12-9-20(26)27/h7,10,13,16-19,21,28H,3-6,8-9,11-12H2,1-2H3,(H,26,27)/t16-,17-,18+,19+,21-,22+,23+,24+/m1/s1. The minimum atomic E-state index is -0.834. The van der Waals surface area contributed by atoms with E-state index >= 15 is 0 Å². The molecule has 4 heteroatoms. The molecule has 0 bridgehead atoms. The van der Waals surface area contributed by atoms with E-state index in [1.54, 1.807) is 6.08 Å². The minimum Gasteiger partial charge on any atom is -0.481 e. The molecule has 0 unspecified atom stereocenters. The molecule has 4 fully saturated rings. The summed E-state index contributed by atoms with van der Waals surface area (Å²) in [4.78, 5) is 23.2. The van der Waals surface area contributed by atoms with Gasteiger partial charge in [0.1, 0.15) is 0 Å². The van der Waals surface area contributed by atoms with E-state index in [9.17, 15) is 19.8 Å². The number of carbonyl (C=O) groups excluding carboxylic acids is 1. The summed E-state index contributed by atoms with van der Waals surface area (Å²) in [6.45, 7) is 4.58. The Kier molecular flexibility index (Phi) is 3.86. The average molecular weight is 385 g/mol. The van der Waals surface area contributed by atoms with E-state index in [1.165, 1.54) is 12.0 Å². The van der Waals surface area contributed by atoms with Crippen LogP contribution < -0.4 is 0 Å². The van der Waals surface area contributed by atoms with Crippen LogP contribution in [0, 0.1) is 40.4 Å². The minimum absolute atomic E-state index is 0.0286. The Balaban J connectivity index is 1.51. The summed E-state index contributed by atoms with van der Waals surface area (Å²) in [7, 11) is 0. The van der Waals surface area contributed by atoms with Gasteiger partial charge in [-0.2, -0.15) is 0 Å². The number of carbonyl (C=O) groups is 2. The molecule has 0 aromatic carbocycles. The lowest BCUT2D eigenvalue weighted by Crippen LogP contribution is -2.55. The number of allylic oxidation sites excluding steroid dienone is 4. The molecule has 28 heavy (non-hydrogen) atoms. The fourth-order valence-electron chi connectivity index (χ4n) is 8.48. The monoisotopic (exact) mass is 384 g/mol. The predicted octanol–water partition coefficient (Wildman–Crippen LogP) is 4.14. The van der Waals surface area contributed by atoms with Crippen molar-refractivity contribution in [3.05, 3.63) is 23.8 Å². The van der Waals surface area contributed by atoms with E-state index in [4.69, 9.17) is 0 Å². The summed E-state index contributed by atoms with van der Waals surface area (Å²) < 4.78 is 0. The normalized spacial score (nSPS) is 51.3. The summed E-state index contributed by atoms with van der Waals surface area (Å²) in [6, 6.07) is 0. The third-order valence-electron chi connectivity index (χ3n) is 9.92. The van der Waals surface area contributed by atoms with E-state index in [-0.39, 0.29) is 29.0 Å². The van der Waals surface area contributed by atoms with Crippen molar-refractivity contribution in [3.8, 4) is 0 Å². The smallest absolute Gasteiger partial charge is 0.303 e. The van der Waals surface area contributed by atoms with Gasteiger partial charge in [-0.1, -0.05) is 25.5 Å². The van der Waals surface area contributed by atoms with Gasteiger partial charge in [-0.05, 0) is 92.1 Å². The largest absolute Gasteiger partial charge is 0.481 e. The Bertz CT molecular complexity index is 796. The van der Waals surface area contributed by atoms with Crippen LogP contribution in [0.3, 0.4) is 0 Å². The molecule has 152 valence electrons. The van der Waals surface area contributed by atoms with Gasteiger partial charge < -0.3 is 10.2 Å². The number of hydrogen-bond donors (Lipinski definition) is 2. The number of fused-ring (bicyclic) bond motifs is 7. The van der Waals surface area contributed by atoms with Crippen molar-refractivity contribution in [2.45, 2.75) is 70.8 Å². The highest BCUT2D eigenvalue weighted by Gasteiger charge is 2.72. The van der Waals surface area contributed by atoms with Gasteiger partial charge in [-0.3, -0.25) is 9.59 Å². The van der Waals surface area contributed by atoms with E-state index in [0.717, 1.165) is 32.1 Å². The van der Waals surface area contributed by atoms with E-state index in [0.29, 0.717) is 30.1 Å². The number of carboxylic acids is 1. The van der Waals surface area contributed by atoms with Crippen molar-refractivity contribution in [1.29, 1.82) is 0 Å². The van der Waals surface area contributed by atoms with Gasteiger partial charge in [0, 0.05) is 11.8 Å². The SMILES string of the molecule is C[C@]12C=CC(=O)C=C1CC[C@H]1[C@@H]3[C@@H]4CC[C@@H]4[C@@](O)(CCC(=O)O)[C@@]3(C)CC[C@@H]12. The first-order valence-electron chi connectivity index (χ1n) is 11.1. The molecule has 5 rings (SSSR count). The van der Waals surface area contributed by atoms with Crippen molar-refractivity contribution in [3.63, 3.8) is 0 Å². The Morgan fingerprint density at radius 1 is 1.14 bits per heavy atom. The molecule has 5 aliphatic rings. The van der Waals surface area contributed by atoms with Gasteiger partial charge in [-0.15, -0.1) is 0 Å². The summed E-state index contributed by atoms with van der Waals surface area (Å²) in [6.07, 6.45) is 12.6. The zero-order valence-electron chi connectivity index (χ0n) is 17.0. The van der Waals surface area contributed by atoms with Gasteiger partial charge in [0.05, 0.1) is 5.60 Å². The molecule has 0 aromatic heterocycles. The summed E-state index contributed by atoms with van der Waals surface area (Å²) in [5.74, 6) is 1.70. The molecular formula is C24H32O4. The van der Waals surface area contributed by atoms with Gasteiger partial charge in [0.2, 0.25) is 0 Å². The van der Waals surface area contributed by atoms with Crippen LogP contribution in [0.25, 0.3) is 0 Å². The second-order valence-electron chi connectivity index (χ2n) is 10.6. The summed E-state index contributed by atoms with van der Waals surface area (Å²) >= 11 is 0. The highest BCUT2D eigenvalue weighted by atomic mass is 16.4. The molecule has 4 nitrogen and oxygen atoms in total. The number of rotatable bonds is 3. The predicted molar refractivity (Wildman–Crippen MR) is 105 cm³/mol. The van der Waals surface area contributed by atoms with Gasteiger partial charge >= 0.3 is 5.97 Å². The first-order chi connectivity index (χ1) is 13.2. The maximum atomic E-state index is 11.9. The summed E-state index contributed by atoms with van der Waals surface area (Å²) in [5.41, 5.74) is 0.258.